The third-order valence-corrected chi connectivity index (χ3v) is 2.65. The van der Waals surface area contributed by atoms with E-state index in [9.17, 15) is 4.39 Å². The van der Waals surface area contributed by atoms with E-state index in [0.717, 1.165) is 11.3 Å². The second-order valence-electron chi connectivity index (χ2n) is 3.84. The lowest BCUT2D eigenvalue weighted by molar-refractivity contribution is 0.417. The van der Waals surface area contributed by atoms with Crippen molar-refractivity contribution in [2.24, 2.45) is 5.73 Å². The number of methoxy groups -OCH3 is 1. The Hall–Kier alpha value is -2.07. The zero-order valence-electron chi connectivity index (χ0n) is 10.1. The summed E-state index contributed by atoms with van der Waals surface area (Å²) < 4.78 is 19.0. The Morgan fingerprint density at radius 2 is 1.94 bits per heavy atom. The van der Waals surface area contributed by atoms with Crippen molar-refractivity contribution in [3.8, 4) is 5.75 Å². The highest BCUT2D eigenvalue weighted by atomic mass is 19.1. The fraction of sp³-hybridized carbons (Fsp3) is 0.143. The molecule has 0 unspecified atom stereocenters. The maximum Gasteiger partial charge on any atom is 0.146 e. The van der Waals surface area contributed by atoms with Gasteiger partial charge in [0.15, 0.2) is 0 Å². The molecule has 0 heterocycles. The van der Waals surface area contributed by atoms with Crippen molar-refractivity contribution in [3.63, 3.8) is 0 Å². The van der Waals surface area contributed by atoms with Crippen molar-refractivity contribution in [1.29, 1.82) is 0 Å². The Morgan fingerprint density at radius 3 is 2.61 bits per heavy atom. The molecule has 0 radical (unpaired) electrons. The number of hydrogen-bond acceptors (Lipinski definition) is 3. The zero-order chi connectivity index (χ0) is 13.0. The average molecular weight is 246 g/mol. The van der Waals surface area contributed by atoms with Gasteiger partial charge < -0.3 is 15.8 Å². The van der Waals surface area contributed by atoms with Crippen LogP contribution in [0.15, 0.2) is 42.5 Å². The lowest BCUT2D eigenvalue weighted by Crippen LogP contribution is -2.00. The first-order valence-corrected chi connectivity index (χ1v) is 5.63. The van der Waals surface area contributed by atoms with E-state index in [-0.39, 0.29) is 5.82 Å². The first-order valence-electron chi connectivity index (χ1n) is 5.63. The van der Waals surface area contributed by atoms with E-state index in [2.05, 4.69) is 5.32 Å². The molecule has 2 aromatic rings. The number of nitrogens with one attached hydrogen (secondary N) is 1. The summed E-state index contributed by atoms with van der Waals surface area (Å²) in [7, 11) is 1.58. The van der Waals surface area contributed by atoms with Crippen LogP contribution in [0.2, 0.25) is 0 Å². The van der Waals surface area contributed by atoms with Gasteiger partial charge in [0, 0.05) is 6.54 Å². The second kappa shape index (κ2) is 5.51. The van der Waals surface area contributed by atoms with E-state index in [0.29, 0.717) is 18.0 Å². The number of rotatable bonds is 4. The van der Waals surface area contributed by atoms with Gasteiger partial charge in [-0.1, -0.05) is 18.2 Å². The average Bonchev–Trinajstić information content (AvgIpc) is 2.41. The molecule has 3 N–H and O–H groups in total. The summed E-state index contributed by atoms with van der Waals surface area (Å²) in [6, 6.07) is 12.3. The third kappa shape index (κ3) is 2.60. The standard InChI is InChI=1S/C14H15FN2O/c1-18-14-5-3-2-4-13(14)17-12-7-6-10(9-16)8-11(12)15/h2-8,17H,9,16H2,1H3. The van der Waals surface area contributed by atoms with Gasteiger partial charge in [-0.15, -0.1) is 0 Å². The number of para-hydroxylation sites is 2. The highest BCUT2D eigenvalue weighted by Gasteiger charge is 2.06. The Balaban J connectivity index is 2.28. The monoisotopic (exact) mass is 246 g/mol. The molecule has 0 aliphatic rings. The predicted molar refractivity (Wildman–Crippen MR) is 70.6 cm³/mol. The van der Waals surface area contributed by atoms with Crippen LogP contribution >= 0.6 is 0 Å². The molecule has 0 spiro atoms. The number of halogens is 1. The SMILES string of the molecule is COc1ccccc1Nc1ccc(CN)cc1F. The Bertz CT molecular complexity index is 543. The minimum atomic E-state index is -0.330. The van der Waals surface area contributed by atoms with Gasteiger partial charge in [-0.05, 0) is 29.8 Å². The molecule has 2 rings (SSSR count). The number of nitrogens with two attached hydrogens (primary N) is 1. The molecule has 0 aliphatic heterocycles. The van der Waals surface area contributed by atoms with E-state index >= 15 is 0 Å². The van der Waals surface area contributed by atoms with Gasteiger partial charge in [-0.25, -0.2) is 4.39 Å². The van der Waals surface area contributed by atoms with E-state index in [1.54, 1.807) is 19.2 Å². The van der Waals surface area contributed by atoms with Gasteiger partial charge in [-0.3, -0.25) is 0 Å². The van der Waals surface area contributed by atoms with Crippen molar-refractivity contribution in [2.45, 2.75) is 6.54 Å². The molecule has 0 saturated heterocycles. The first-order chi connectivity index (χ1) is 8.74. The summed E-state index contributed by atoms with van der Waals surface area (Å²) >= 11 is 0. The van der Waals surface area contributed by atoms with E-state index in [1.807, 2.05) is 24.3 Å². The molecular weight excluding hydrogens is 231 g/mol. The van der Waals surface area contributed by atoms with Crippen LogP contribution in [0.5, 0.6) is 5.75 Å². The van der Waals surface area contributed by atoms with Gasteiger partial charge >= 0.3 is 0 Å². The molecule has 0 aromatic heterocycles. The van der Waals surface area contributed by atoms with Gasteiger partial charge in [0.1, 0.15) is 11.6 Å². The van der Waals surface area contributed by atoms with Gasteiger partial charge in [0.2, 0.25) is 0 Å². The van der Waals surface area contributed by atoms with Gasteiger partial charge in [-0.2, -0.15) is 0 Å². The van der Waals surface area contributed by atoms with Crippen LogP contribution in [0.1, 0.15) is 5.56 Å². The lowest BCUT2D eigenvalue weighted by atomic mass is 10.2. The maximum absolute atomic E-state index is 13.8. The molecule has 3 nitrogen and oxygen atoms in total. The highest BCUT2D eigenvalue weighted by molar-refractivity contribution is 5.66. The van der Waals surface area contributed by atoms with Crippen LogP contribution in [0.4, 0.5) is 15.8 Å². The van der Waals surface area contributed by atoms with Crippen molar-refractivity contribution in [3.05, 3.63) is 53.8 Å². The molecule has 0 amide bonds. The molecular formula is C14H15FN2O. The van der Waals surface area contributed by atoms with Crippen LogP contribution in [-0.2, 0) is 6.54 Å². The summed E-state index contributed by atoms with van der Waals surface area (Å²) in [5, 5.41) is 3.00. The van der Waals surface area contributed by atoms with Crippen molar-refractivity contribution >= 4 is 11.4 Å². The summed E-state index contributed by atoms with van der Waals surface area (Å²) in [6.45, 7) is 0.325. The van der Waals surface area contributed by atoms with Crippen LogP contribution < -0.4 is 15.8 Å². The quantitative estimate of drug-likeness (QED) is 0.871. The Kier molecular flexibility index (Phi) is 3.79. The normalized spacial score (nSPS) is 10.2. The summed E-state index contributed by atoms with van der Waals surface area (Å²) in [6.07, 6.45) is 0. The fourth-order valence-corrected chi connectivity index (χ4v) is 1.68. The number of anilines is 2. The van der Waals surface area contributed by atoms with E-state index < -0.39 is 0 Å². The fourth-order valence-electron chi connectivity index (χ4n) is 1.68. The van der Waals surface area contributed by atoms with Crippen LogP contribution in [0.3, 0.4) is 0 Å². The van der Waals surface area contributed by atoms with Crippen LogP contribution in [-0.4, -0.2) is 7.11 Å². The molecule has 0 fully saturated rings. The largest absolute Gasteiger partial charge is 0.495 e. The molecule has 0 aliphatic carbocycles. The van der Waals surface area contributed by atoms with Gasteiger partial charge in [0.05, 0.1) is 18.5 Å². The highest BCUT2D eigenvalue weighted by Crippen LogP contribution is 2.28. The molecule has 2 aromatic carbocycles. The minimum absolute atomic E-state index is 0.325. The number of hydrogen-bond donors (Lipinski definition) is 2. The maximum atomic E-state index is 13.8. The summed E-state index contributed by atoms with van der Waals surface area (Å²) in [4.78, 5) is 0. The molecule has 18 heavy (non-hydrogen) atoms. The molecule has 4 heteroatoms. The van der Waals surface area contributed by atoms with Crippen LogP contribution in [0.25, 0.3) is 0 Å². The van der Waals surface area contributed by atoms with Crippen molar-refractivity contribution in [2.75, 3.05) is 12.4 Å². The van der Waals surface area contributed by atoms with E-state index in [4.69, 9.17) is 10.5 Å². The second-order valence-corrected chi connectivity index (χ2v) is 3.84. The number of benzene rings is 2. The number of ether oxygens (including phenoxy) is 1. The Labute approximate surface area is 105 Å². The van der Waals surface area contributed by atoms with Crippen LogP contribution in [0, 0.1) is 5.82 Å². The van der Waals surface area contributed by atoms with Crippen molar-refractivity contribution in [1.82, 2.24) is 0 Å². The smallest absolute Gasteiger partial charge is 0.146 e. The lowest BCUT2D eigenvalue weighted by Gasteiger charge is -2.12. The van der Waals surface area contributed by atoms with E-state index in [1.165, 1.54) is 6.07 Å². The Morgan fingerprint density at radius 1 is 1.17 bits per heavy atom. The summed E-state index contributed by atoms with van der Waals surface area (Å²) in [5.41, 5.74) is 7.34. The third-order valence-electron chi connectivity index (χ3n) is 2.65. The van der Waals surface area contributed by atoms with Crippen molar-refractivity contribution < 1.29 is 9.13 Å². The first kappa shape index (κ1) is 12.4. The molecule has 94 valence electrons. The molecule has 0 saturated carbocycles. The summed E-state index contributed by atoms with van der Waals surface area (Å²) in [5.74, 6) is 0.337. The topological polar surface area (TPSA) is 47.3 Å². The molecule has 0 atom stereocenters. The van der Waals surface area contributed by atoms with Gasteiger partial charge in [0.25, 0.3) is 0 Å². The molecule has 0 bridgehead atoms. The minimum Gasteiger partial charge on any atom is -0.495 e. The zero-order valence-corrected chi connectivity index (χ0v) is 10.1. The predicted octanol–water partition coefficient (Wildman–Crippen LogP) is 3.04.